The molecule has 0 saturated heterocycles. The molecule has 1 aromatic heterocycles. The van der Waals surface area contributed by atoms with Crippen LogP contribution in [0, 0.1) is 5.92 Å². The average Bonchev–Trinajstić information content (AvgIpc) is 2.85. The van der Waals surface area contributed by atoms with E-state index in [4.69, 9.17) is 15.0 Å². The van der Waals surface area contributed by atoms with Gasteiger partial charge in [-0.05, 0) is 37.0 Å². The van der Waals surface area contributed by atoms with Crippen LogP contribution in [0.1, 0.15) is 39.2 Å². The number of aromatic nitrogens is 1. The molecular weight excluding hydrogens is 294 g/mol. The second-order valence-electron chi connectivity index (χ2n) is 6.24. The fraction of sp³-hybridized carbons (Fsp3) is 0.529. The van der Waals surface area contributed by atoms with Gasteiger partial charge >= 0.3 is 0 Å². The molecule has 0 bridgehead atoms. The first-order valence-corrected chi connectivity index (χ1v) is 7.97. The number of anilines is 1. The number of nitrogens with one attached hydrogen (secondary N) is 1. The molecule has 1 amide bonds. The van der Waals surface area contributed by atoms with Gasteiger partial charge in [-0.2, -0.15) is 0 Å². The number of carbonyl (C=O) groups excluding carboxylic acids is 1. The van der Waals surface area contributed by atoms with Crippen LogP contribution in [0.4, 0.5) is 5.82 Å². The molecule has 0 aliphatic rings. The number of hydrogen-bond acceptors (Lipinski definition) is 5. The third-order valence-electron chi connectivity index (χ3n) is 3.59. The Bertz CT molecular complexity index is 652. The summed E-state index contributed by atoms with van der Waals surface area (Å²) in [7, 11) is 0. The first-order valence-electron chi connectivity index (χ1n) is 7.97. The molecule has 1 aromatic carbocycles. The summed E-state index contributed by atoms with van der Waals surface area (Å²) in [6.45, 7) is 7.24. The summed E-state index contributed by atoms with van der Waals surface area (Å²) in [5.74, 6) is 0.945. The Morgan fingerprint density at radius 2 is 2.17 bits per heavy atom. The molecule has 1 atom stereocenters. The van der Waals surface area contributed by atoms with Crippen molar-refractivity contribution in [2.24, 2.45) is 5.92 Å². The number of fused-ring (bicyclic) bond motifs is 1. The SMILES string of the molecule is CC(C)CC(C)OCCC(=O)NCc1ccc2c(N)noc2c1. The van der Waals surface area contributed by atoms with Gasteiger partial charge in [-0.1, -0.05) is 25.1 Å². The molecule has 126 valence electrons. The summed E-state index contributed by atoms with van der Waals surface area (Å²) < 4.78 is 10.7. The molecule has 0 saturated carbocycles. The Hall–Kier alpha value is -2.08. The van der Waals surface area contributed by atoms with Gasteiger partial charge in [-0.3, -0.25) is 4.79 Å². The lowest BCUT2D eigenvalue weighted by Gasteiger charge is -2.14. The van der Waals surface area contributed by atoms with Crippen LogP contribution < -0.4 is 11.1 Å². The van der Waals surface area contributed by atoms with Gasteiger partial charge in [0.25, 0.3) is 0 Å². The van der Waals surface area contributed by atoms with Gasteiger partial charge in [0.05, 0.1) is 18.1 Å². The van der Waals surface area contributed by atoms with E-state index in [1.54, 1.807) is 0 Å². The van der Waals surface area contributed by atoms with Gasteiger partial charge in [0.15, 0.2) is 11.4 Å². The van der Waals surface area contributed by atoms with Crippen molar-refractivity contribution in [1.29, 1.82) is 0 Å². The summed E-state index contributed by atoms with van der Waals surface area (Å²) in [6.07, 6.45) is 1.55. The van der Waals surface area contributed by atoms with E-state index in [-0.39, 0.29) is 12.0 Å². The minimum atomic E-state index is -0.0288. The summed E-state index contributed by atoms with van der Waals surface area (Å²) in [4.78, 5) is 11.8. The van der Waals surface area contributed by atoms with Crippen molar-refractivity contribution >= 4 is 22.7 Å². The molecule has 0 spiro atoms. The zero-order valence-electron chi connectivity index (χ0n) is 14.0. The number of rotatable bonds is 8. The summed E-state index contributed by atoms with van der Waals surface area (Å²) in [5.41, 5.74) is 7.24. The van der Waals surface area contributed by atoms with E-state index in [0.717, 1.165) is 17.4 Å². The first-order chi connectivity index (χ1) is 11.0. The molecule has 3 N–H and O–H groups in total. The number of nitrogens with zero attached hydrogens (tertiary/aromatic N) is 1. The minimum absolute atomic E-state index is 0.0288. The fourth-order valence-corrected chi connectivity index (χ4v) is 2.49. The number of amides is 1. The van der Waals surface area contributed by atoms with Gasteiger partial charge in [0, 0.05) is 13.0 Å². The third kappa shape index (κ3) is 5.25. The van der Waals surface area contributed by atoms with Crippen LogP contribution in [0.15, 0.2) is 22.7 Å². The number of carbonyl (C=O) groups is 1. The second-order valence-corrected chi connectivity index (χ2v) is 6.24. The highest BCUT2D eigenvalue weighted by Gasteiger charge is 2.08. The summed E-state index contributed by atoms with van der Waals surface area (Å²) in [5, 5.41) is 7.37. The highest BCUT2D eigenvalue weighted by molar-refractivity contribution is 5.87. The minimum Gasteiger partial charge on any atom is -0.380 e. The highest BCUT2D eigenvalue weighted by Crippen LogP contribution is 2.21. The van der Waals surface area contributed by atoms with Crippen molar-refractivity contribution in [3.05, 3.63) is 23.8 Å². The molecule has 2 rings (SSSR count). The monoisotopic (exact) mass is 319 g/mol. The van der Waals surface area contributed by atoms with Crippen molar-refractivity contribution in [1.82, 2.24) is 10.5 Å². The lowest BCUT2D eigenvalue weighted by atomic mass is 10.1. The van der Waals surface area contributed by atoms with Crippen LogP contribution in [0.25, 0.3) is 11.0 Å². The van der Waals surface area contributed by atoms with Crippen molar-refractivity contribution in [2.75, 3.05) is 12.3 Å². The van der Waals surface area contributed by atoms with Crippen LogP contribution in [-0.2, 0) is 16.1 Å². The van der Waals surface area contributed by atoms with Gasteiger partial charge in [-0.25, -0.2) is 0 Å². The van der Waals surface area contributed by atoms with E-state index >= 15 is 0 Å². The number of benzene rings is 1. The van der Waals surface area contributed by atoms with Crippen LogP contribution >= 0.6 is 0 Å². The maximum atomic E-state index is 11.8. The Morgan fingerprint density at radius 3 is 2.91 bits per heavy atom. The molecule has 2 aromatic rings. The van der Waals surface area contributed by atoms with Crippen LogP contribution in [-0.4, -0.2) is 23.8 Å². The maximum absolute atomic E-state index is 11.8. The molecule has 6 heteroatoms. The Labute approximate surface area is 136 Å². The molecule has 23 heavy (non-hydrogen) atoms. The van der Waals surface area contributed by atoms with Crippen molar-refractivity contribution in [3.8, 4) is 0 Å². The normalized spacial score (nSPS) is 12.7. The van der Waals surface area contributed by atoms with Crippen molar-refractivity contribution in [2.45, 2.75) is 46.3 Å². The number of ether oxygens (including phenoxy) is 1. The Kier molecular flexibility index (Phi) is 5.98. The summed E-state index contributed by atoms with van der Waals surface area (Å²) >= 11 is 0. The quantitative estimate of drug-likeness (QED) is 0.781. The molecule has 1 heterocycles. The molecule has 0 radical (unpaired) electrons. The van der Waals surface area contributed by atoms with E-state index in [1.165, 1.54) is 0 Å². The van der Waals surface area contributed by atoms with E-state index < -0.39 is 0 Å². The van der Waals surface area contributed by atoms with E-state index in [0.29, 0.717) is 36.9 Å². The van der Waals surface area contributed by atoms with Gasteiger partial charge in [0.1, 0.15) is 0 Å². The van der Waals surface area contributed by atoms with E-state index in [9.17, 15) is 4.79 Å². The van der Waals surface area contributed by atoms with Gasteiger partial charge in [-0.15, -0.1) is 0 Å². The lowest BCUT2D eigenvalue weighted by molar-refractivity contribution is -0.122. The molecule has 0 aliphatic heterocycles. The molecule has 0 fully saturated rings. The predicted molar refractivity (Wildman–Crippen MR) is 89.8 cm³/mol. The topological polar surface area (TPSA) is 90.4 Å². The molecule has 0 aliphatic carbocycles. The maximum Gasteiger partial charge on any atom is 0.222 e. The average molecular weight is 319 g/mol. The lowest BCUT2D eigenvalue weighted by Crippen LogP contribution is -2.25. The largest absolute Gasteiger partial charge is 0.380 e. The van der Waals surface area contributed by atoms with Crippen LogP contribution in [0.2, 0.25) is 0 Å². The number of nitrogens with two attached hydrogens (primary N) is 1. The van der Waals surface area contributed by atoms with E-state index in [1.807, 2.05) is 25.1 Å². The standard InChI is InChI=1S/C17H25N3O3/c1-11(2)8-12(3)22-7-6-16(21)19-10-13-4-5-14-15(9-13)23-20-17(14)18/h4-5,9,11-12H,6-8,10H2,1-3H3,(H2,18,20)(H,19,21). The van der Waals surface area contributed by atoms with Gasteiger partial charge < -0.3 is 20.3 Å². The van der Waals surface area contributed by atoms with Gasteiger partial charge in [0.2, 0.25) is 5.91 Å². The Balaban J connectivity index is 1.73. The Morgan fingerprint density at radius 1 is 1.39 bits per heavy atom. The fourth-order valence-electron chi connectivity index (χ4n) is 2.49. The van der Waals surface area contributed by atoms with E-state index in [2.05, 4.69) is 24.3 Å². The second kappa shape index (κ2) is 7.97. The third-order valence-corrected chi connectivity index (χ3v) is 3.59. The number of nitrogen functional groups attached to an aromatic ring is 1. The molecule has 1 unspecified atom stereocenters. The smallest absolute Gasteiger partial charge is 0.222 e. The van der Waals surface area contributed by atoms with Crippen molar-refractivity contribution in [3.63, 3.8) is 0 Å². The first kappa shape index (κ1) is 17.3. The summed E-state index contributed by atoms with van der Waals surface area (Å²) in [6, 6.07) is 5.58. The van der Waals surface area contributed by atoms with Crippen LogP contribution in [0.3, 0.4) is 0 Å². The molecule has 6 nitrogen and oxygen atoms in total. The number of hydrogen-bond donors (Lipinski definition) is 2. The predicted octanol–water partition coefficient (Wildman–Crippen LogP) is 2.87. The van der Waals surface area contributed by atoms with Crippen LogP contribution in [0.5, 0.6) is 0 Å². The van der Waals surface area contributed by atoms with Crippen molar-refractivity contribution < 1.29 is 14.1 Å². The zero-order valence-corrected chi connectivity index (χ0v) is 14.0. The molecular formula is C17H25N3O3. The highest BCUT2D eigenvalue weighted by atomic mass is 16.5. The zero-order chi connectivity index (χ0) is 16.8.